The maximum Gasteiger partial charge on any atom is 0.250 e. The lowest BCUT2D eigenvalue weighted by molar-refractivity contribution is -0.121. The summed E-state index contributed by atoms with van der Waals surface area (Å²) in [6.07, 6.45) is 3.28. The van der Waals surface area contributed by atoms with Crippen molar-refractivity contribution in [3.05, 3.63) is 64.0 Å². The summed E-state index contributed by atoms with van der Waals surface area (Å²) in [6.45, 7) is 0.636. The number of rotatable bonds is 6. The van der Waals surface area contributed by atoms with Crippen LogP contribution in [0.1, 0.15) is 11.4 Å². The summed E-state index contributed by atoms with van der Waals surface area (Å²) in [5.41, 5.74) is 0.858. The van der Waals surface area contributed by atoms with Crippen LogP contribution in [0.3, 0.4) is 0 Å². The highest BCUT2D eigenvalue weighted by Gasteiger charge is 2.05. The van der Waals surface area contributed by atoms with Crippen LogP contribution in [-0.2, 0) is 17.8 Å². The van der Waals surface area contributed by atoms with E-state index in [1.54, 1.807) is 29.7 Å². The van der Waals surface area contributed by atoms with E-state index >= 15 is 0 Å². The third-order valence-electron chi connectivity index (χ3n) is 3.44. The molecule has 6 heteroatoms. The first-order valence-corrected chi connectivity index (χ1v) is 8.30. The molecule has 1 amide bonds. The summed E-state index contributed by atoms with van der Waals surface area (Å²) in [7, 11) is 0. The van der Waals surface area contributed by atoms with E-state index in [4.69, 9.17) is 0 Å². The normalized spacial score (nSPS) is 10.8. The molecule has 0 saturated carbocycles. The molecule has 118 valence electrons. The minimum atomic E-state index is -0.169. The molecule has 0 aliphatic carbocycles. The Morgan fingerprint density at radius 3 is 2.83 bits per heavy atom. The zero-order valence-corrected chi connectivity index (χ0v) is 13.4. The maximum atomic E-state index is 11.8. The van der Waals surface area contributed by atoms with Gasteiger partial charge in [0.2, 0.25) is 5.91 Å². The molecule has 0 aliphatic heterocycles. The van der Waals surface area contributed by atoms with Crippen molar-refractivity contribution in [1.82, 2.24) is 14.9 Å². The fourth-order valence-corrected chi connectivity index (χ4v) is 3.31. The molecular formula is C17H17N3O2S. The molecule has 1 aromatic carbocycles. The number of fused-ring (bicyclic) bond motifs is 1. The minimum Gasteiger partial charge on any atom is -0.355 e. The number of thiazole rings is 1. The molecule has 3 rings (SSSR count). The number of aromatic nitrogens is 2. The van der Waals surface area contributed by atoms with Crippen molar-refractivity contribution in [3.8, 4) is 0 Å². The topological polar surface area (TPSA) is 64.0 Å². The van der Waals surface area contributed by atoms with Gasteiger partial charge in [-0.1, -0.05) is 18.2 Å². The van der Waals surface area contributed by atoms with Gasteiger partial charge in [-0.05, 0) is 24.6 Å². The Morgan fingerprint density at radius 1 is 1.17 bits per heavy atom. The number of amides is 1. The van der Waals surface area contributed by atoms with Gasteiger partial charge in [-0.15, -0.1) is 11.3 Å². The monoisotopic (exact) mass is 327 g/mol. The van der Waals surface area contributed by atoms with Crippen LogP contribution >= 0.6 is 11.3 Å². The highest BCUT2D eigenvalue weighted by atomic mass is 32.1. The Hall–Kier alpha value is -2.47. The minimum absolute atomic E-state index is 0.0564. The van der Waals surface area contributed by atoms with Crippen molar-refractivity contribution >= 4 is 27.5 Å². The first-order chi connectivity index (χ1) is 11.2. The number of hydrogen-bond acceptors (Lipinski definition) is 4. The molecule has 23 heavy (non-hydrogen) atoms. The summed E-state index contributed by atoms with van der Waals surface area (Å²) in [5.74, 6) is -0.150. The Bertz CT molecular complexity index is 836. The molecule has 1 N–H and O–H groups in total. The van der Waals surface area contributed by atoms with E-state index < -0.39 is 0 Å². The van der Waals surface area contributed by atoms with Gasteiger partial charge >= 0.3 is 0 Å². The summed E-state index contributed by atoms with van der Waals surface area (Å²) in [6, 6.07) is 12.9. The van der Waals surface area contributed by atoms with Gasteiger partial charge < -0.3 is 9.88 Å². The molecule has 0 aliphatic rings. The second kappa shape index (κ2) is 7.19. The van der Waals surface area contributed by atoms with Crippen LogP contribution in [-0.4, -0.2) is 22.0 Å². The fourth-order valence-electron chi connectivity index (χ4n) is 2.30. The molecule has 0 bridgehead atoms. The van der Waals surface area contributed by atoms with E-state index in [0.29, 0.717) is 6.54 Å². The molecule has 0 spiro atoms. The molecule has 0 radical (unpaired) electrons. The first-order valence-electron chi connectivity index (χ1n) is 7.49. The molecule has 0 atom stereocenters. The molecule has 2 aromatic heterocycles. The fraction of sp³-hybridized carbons (Fsp3) is 0.235. The van der Waals surface area contributed by atoms with Gasteiger partial charge in [-0.3, -0.25) is 9.59 Å². The van der Waals surface area contributed by atoms with E-state index in [9.17, 15) is 9.59 Å². The van der Waals surface area contributed by atoms with Crippen molar-refractivity contribution < 1.29 is 4.79 Å². The van der Waals surface area contributed by atoms with Crippen LogP contribution in [0.2, 0.25) is 0 Å². The van der Waals surface area contributed by atoms with E-state index in [-0.39, 0.29) is 18.0 Å². The van der Waals surface area contributed by atoms with E-state index in [2.05, 4.69) is 16.4 Å². The van der Waals surface area contributed by atoms with E-state index in [1.165, 1.54) is 15.3 Å². The Balaban J connectivity index is 1.45. The number of benzene rings is 1. The SMILES string of the molecule is O=C(Cn1ccccc1=O)NCCCc1nc2ccccc2s1. The van der Waals surface area contributed by atoms with Crippen LogP contribution in [0.15, 0.2) is 53.5 Å². The van der Waals surface area contributed by atoms with Gasteiger partial charge in [-0.2, -0.15) is 0 Å². The molecule has 2 heterocycles. The molecule has 5 nitrogen and oxygen atoms in total. The Morgan fingerprint density at radius 2 is 2.00 bits per heavy atom. The second-order valence-electron chi connectivity index (χ2n) is 5.20. The third kappa shape index (κ3) is 4.04. The van der Waals surface area contributed by atoms with Gasteiger partial charge in [0.25, 0.3) is 5.56 Å². The maximum absolute atomic E-state index is 11.8. The van der Waals surface area contributed by atoms with Crippen molar-refractivity contribution in [3.63, 3.8) is 0 Å². The van der Waals surface area contributed by atoms with Crippen LogP contribution in [0.25, 0.3) is 10.2 Å². The number of carbonyl (C=O) groups is 1. The van der Waals surface area contributed by atoms with Crippen LogP contribution in [0, 0.1) is 0 Å². The summed E-state index contributed by atoms with van der Waals surface area (Å²) >= 11 is 1.69. The standard InChI is InChI=1S/C17H17N3O2S/c21-15(12-20-11-4-3-9-17(20)22)18-10-5-8-16-19-13-6-1-2-7-14(13)23-16/h1-4,6-7,9,11H,5,8,10,12H2,(H,18,21). The lowest BCUT2D eigenvalue weighted by Crippen LogP contribution is -2.32. The van der Waals surface area contributed by atoms with Gasteiger partial charge in [-0.25, -0.2) is 4.98 Å². The van der Waals surface area contributed by atoms with Gasteiger partial charge in [0.05, 0.1) is 15.2 Å². The predicted molar refractivity (Wildman–Crippen MR) is 91.7 cm³/mol. The number of nitrogens with one attached hydrogen (secondary N) is 1. The molecule has 0 unspecified atom stereocenters. The Kier molecular flexibility index (Phi) is 4.83. The van der Waals surface area contributed by atoms with Crippen LogP contribution in [0.4, 0.5) is 0 Å². The lowest BCUT2D eigenvalue weighted by atomic mass is 10.3. The smallest absolute Gasteiger partial charge is 0.250 e. The molecular weight excluding hydrogens is 310 g/mol. The summed E-state index contributed by atoms with van der Waals surface area (Å²) in [5, 5.41) is 3.92. The van der Waals surface area contributed by atoms with Crippen molar-refractivity contribution in [1.29, 1.82) is 0 Å². The van der Waals surface area contributed by atoms with E-state index in [1.807, 2.05) is 18.2 Å². The summed E-state index contributed by atoms with van der Waals surface area (Å²) in [4.78, 5) is 27.9. The number of pyridine rings is 1. The first kappa shape index (κ1) is 15.4. The number of carbonyl (C=O) groups excluding carboxylic acids is 1. The van der Waals surface area contributed by atoms with Gasteiger partial charge in [0.1, 0.15) is 6.54 Å². The zero-order valence-electron chi connectivity index (χ0n) is 12.6. The highest BCUT2D eigenvalue weighted by Crippen LogP contribution is 2.22. The summed E-state index contributed by atoms with van der Waals surface area (Å²) < 4.78 is 2.58. The Labute approximate surface area is 137 Å². The molecule has 0 fully saturated rings. The lowest BCUT2D eigenvalue weighted by Gasteiger charge is -2.06. The average molecular weight is 327 g/mol. The van der Waals surface area contributed by atoms with Gasteiger partial charge in [0.15, 0.2) is 0 Å². The average Bonchev–Trinajstić information content (AvgIpc) is 2.96. The second-order valence-corrected chi connectivity index (χ2v) is 6.31. The number of nitrogens with zero attached hydrogens (tertiary/aromatic N) is 2. The van der Waals surface area contributed by atoms with E-state index in [0.717, 1.165) is 23.4 Å². The van der Waals surface area contributed by atoms with Crippen LogP contribution in [0.5, 0.6) is 0 Å². The van der Waals surface area contributed by atoms with Crippen LogP contribution < -0.4 is 10.9 Å². The highest BCUT2D eigenvalue weighted by molar-refractivity contribution is 7.18. The number of aryl methyl sites for hydroxylation is 1. The quantitative estimate of drug-likeness (QED) is 0.706. The molecule has 0 saturated heterocycles. The number of para-hydroxylation sites is 1. The zero-order chi connectivity index (χ0) is 16.1. The van der Waals surface area contributed by atoms with Crippen molar-refractivity contribution in [2.75, 3.05) is 6.54 Å². The molecule has 3 aromatic rings. The largest absolute Gasteiger partial charge is 0.355 e. The third-order valence-corrected chi connectivity index (χ3v) is 4.54. The van der Waals surface area contributed by atoms with Crippen molar-refractivity contribution in [2.45, 2.75) is 19.4 Å². The number of hydrogen-bond donors (Lipinski definition) is 1. The van der Waals surface area contributed by atoms with Gasteiger partial charge in [0, 0.05) is 25.2 Å². The van der Waals surface area contributed by atoms with Crippen molar-refractivity contribution in [2.24, 2.45) is 0 Å². The predicted octanol–water partition coefficient (Wildman–Crippen LogP) is 2.21.